The van der Waals surface area contributed by atoms with Gasteiger partial charge in [0.25, 0.3) is 0 Å². The van der Waals surface area contributed by atoms with Crippen LogP contribution in [0.5, 0.6) is 0 Å². The number of hydrogen-bond donors (Lipinski definition) is 0. The molecule has 0 heterocycles. The van der Waals surface area contributed by atoms with Crippen molar-refractivity contribution < 1.29 is 0 Å². The van der Waals surface area contributed by atoms with Gasteiger partial charge in [0, 0.05) is 0 Å². The summed E-state index contributed by atoms with van der Waals surface area (Å²) in [4.78, 5) is 0. The maximum Gasteiger partial charge on any atom is -0.0321 e. The van der Waals surface area contributed by atoms with Gasteiger partial charge in [-0.05, 0) is 42.4 Å². The Bertz CT molecular complexity index is 136. The summed E-state index contributed by atoms with van der Waals surface area (Å²) in [7, 11) is 0. The van der Waals surface area contributed by atoms with Crippen molar-refractivity contribution >= 4 is 0 Å². The summed E-state index contributed by atoms with van der Waals surface area (Å²) in [5.74, 6) is 6.08. The van der Waals surface area contributed by atoms with E-state index in [-0.39, 0.29) is 0 Å². The molecule has 0 radical (unpaired) electrons. The minimum Gasteiger partial charge on any atom is -0.0651 e. The molecule has 4 saturated carbocycles. The van der Waals surface area contributed by atoms with E-state index >= 15 is 0 Å². The molecule has 4 bridgehead atoms. The summed E-state index contributed by atoms with van der Waals surface area (Å²) >= 11 is 0. The third-order valence-electron chi connectivity index (χ3n) is 4.12. The topological polar surface area (TPSA) is 0 Å². The Balaban J connectivity index is 1.95. The summed E-state index contributed by atoms with van der Waals surface area (Å²) in [6.07, 6.45) is 4.71. The van der Waals surface area contributed by atoms with Crippen molar-refractivity contribution in [3.63, 3.8) is 0 Å². The quantitative estimate of drug-likeness (QED) is 0.500. The van der Waals surface area contributed by atoms with Gasteiger partial charge in [-0.2, -0.15) is 0 Å². The van der Waals surface area contributed by atoms with Crippen molar-refractivity contribution in [1.82, 2.24) is 0 Å². The Labute approximate surface area is 56.6 Å². The SMILES string of the molecule is CC[C@H]1C2CC3C1[C@H]3C2. The van der Waals surface area contributed by atoms with Gasteiger partial charge in [0.05, 0.1) is 0 Å². The Hall–Kier alpha value is 0. The molecule has 0 amide bonds. The van der Waals surface area contributed by atoms with E-state index in [2.05, 4.69) is 6.92 Å². The molecule has 0 heteroatoms. The lowest BCUT2D eigenvalue weighted by Gasteiger charge is -2.09. The molecule has 0 aromatic heterocycles. The first-order chi connectivity index (χ1) is 4.42. The highest BCUT2D eigenvalue weighted by atomic mass is 14.7. The molecule has 0 aliphatic heterocycles. The van der Waals surface area contributed by atoms with Crippen LogP contribution in [0, 0.1) is 29.6 Å². The average Bonchev–Trinajstić information content (AvgIpc) is 2.40. The van der Waals surface area contributed by atoms with Crippen LogP contribution in [0.25, 0.3) is 0 Å². The van der Waals surface area contributed by atoms with Gasteiger partial charge in [-0.15, -0.1) is 0 Å². The van der Waals surface area contributed by atoms with Crippen molar-refractivity contribution in [3.05, 3.63) is 0 Å². The van der Waals surface area contributed by atoms with Gasteiger partial charge in [0.15, 0.2) is 0 Å². The fourth-order valence-corrected chi connectivity index (χ4v) is 3.84. The maximum absolute atomic E-state index is 2.38. The van der Waals surface area contributed by atoms with Crippen molar-refractivity contribution in [1.29, 1.82) is 0 Å². The zero-order chi connectivity index (χ0) is 6.01. The lowest BCUT2D eigenvalue weighted by molar-refractivity contribution is 0.400. The predicted molar refractivity (Wildman–Crippen MR) is 37.0 cm³/mol. The van der Waals surface area contributed by atoms with E-state index < -0.39 is 0 Å². The zero-order valence-electron chi connectivity index (χ0n) is 6.01. The van der Waals surface area contributed by atoms with E-state index in [1.165, 1.54) is 36.0 Å². The molecule has 9 heavy (non-hydrogen) atoms. The van der Waals surface area contributed by atoms with Gasteiger partial charge < -0.3 is 0 Å². The lowest BCUT2D eigenvalue weighted by atomic mass is 9.96. The molecular formula is C9H14. The normalized spacial score (nSPS) is 67.0. The highest BCUT2D eigenvalue weighted by Crippen LogP contribution is 2.73. The molecule has 4 fully saturated rings. The fourth-order valence-electron chi connectivity index (χ4n) is 3.84. The highest BCUT2D eigenvalue weighted by molar-refractivity contribution is 5.15. The van der Waals surface area contributed by atoms with E-state index in [9.17, 15) is 0 Å². The van der Waals surface area contributed by atoms with Gasteiger partial charge in [-0.3, -0.25) is 0 Å². The van der Waals surface area contributed by atoms with Crippen molar-refractivity contribution in [2.75, 3.05) is 0 Å². The molecule has 0 aromatic carbocycles. The van der Waals surface area contributed by atoms with Crippen molar-refractivity contribution in [2.45, 2.75) is 26.2 Å². The monoisotopic (exact) mass is 122 g/mol. The second kappa shape index (κ2) is 1.21. The van der Waals surface area contributed by atoms with Crippen LogP contribution < -0.4 is 0 Å². The minimum absolute atomic E-state index is 1.18. The van der Waals surface area contributed by atoms with Crippen LogP contribution in [0.3, 0.4) is 0 Å². The maximum atomic E-state index is 2.38. The Kier molecular flexibility index (Phi) is 0.640. The van der Waals surface area contributed by atoms with Crippen LogP contribution in [-0.2, 0) is 0 Å². The molecule has 0 nitrogen and oxygen atoms in total. The molecule has 0 aromatic rings. The van der Waals surface area contributed by atoms with Gasteiger partial charge >= 0.3 is 0 Å². The first-order valence-corrected chi connectivity index (χ1v) is 4.42. The van der Waals surface area contributed by atoms with Gasteiger partial charge in [0.2, 0.25) is 0 Å². The molecule has 50 valence electrons. The van der Waals surface area contributed by atoms with Crippen LogP contribution in [-0.4, -0.2) is 0 Å². The smallest absolute Gasteiger partial charge is 0.0321 e. The molecule has 0 N–H and O–H groups in total. The summed E-state index contributed by atoms with van der Waals surface area (Å²) in [5.41, 5.74) is 0. The minimum atomic E-state index is 1.18. The van der Waals surface area contributed by atoms with E-state index in [1.807, 2.05) is 0 Å². The van der Waals surface area contributed by atoms with Crippen molar-refractivity contribution in [3.8, 4) is 0 Å². The van der Waals surface area contributed by atoms with Crippen LogP contribution in [0.1, 0.15) is 26.2 Å². The summed E-state index contributed by atoms with van der Waals surface area (Å²) in [5, 5.41) is 0. The van der Waals surface area contributed by atoms with Crippen LogP contribution in [0.4, 0.5) is 0 Å². The second-order valence-electron chi connectivity index (χ2n) is 4.21. The first-order valence-electron chi connectivity index (χ1n) is 4.42. The largest absolute Gasteiger partial charge is 0.0651 e. The Morgan fingerprint density at radius 3 is 2.11 bits per heavy atom. The molecule has 4 rings (SSSR count). The summed E-state index contributed by atoms with van der Waals surface area (Å²) < 4.78 is 0. The van der Waals surface area contributed by atoms with E-state index in [1.54, 1.807) is 12.8 Å². The fraction of sp³-hybridized carbons (Fsp3) is 1.00. The molecule has 4 aliphatic carbocycles. The van der Waals surface area contributed by atoms with Gasteiger partial charge in [0.1, 0.15) is 0 Å². The number of hydrogen-bond acceptors (Lipinski definition) is 0. The average molecular weight is 122 g/mol. The standard InChI is InChI=1S/C9H14/c1-2-6-5-3-7-8(4-5)9(6)7/h5-9H,2-4H2,1H3/t5?,6-,7-,8?,9?/m0/s1. The summed E-state index contributed by atoms with van der Waals surface area (Å²) in [6.45, 7) is 2.38. The zero-order valence-corrected chi connectivity index (χ0v) is 6.01. The molecular weight excluding hydrogens is 108 g/mol. The van der Waals surface area contributed by atoms with E-state index in [0.29, 0.717) is 0 Å². The molecule has 3 unspecified atom stereocenters. The Morgan fingerprint density at radius 2 is 1.89 bits per heavy atom. The lowest BCUT2D eigenvalue weighted by Crippen LogP contribution is -2.01. The van der Waals surface area contributed by atoms with Crippen LogP contribution in [0.15, 0.2) is 0 Å². The van der Waals surface area contributed by atoms with Crippen LogP contribution >= 0.6 is 0 Å². The van der Waals surface area contributed by atoms with Crippen molar-refractivity contribution in [2.24, 2.45) is 29.6 Å². The molecule has 4 aliphatic rings. The Morgan fingerprint density at radius 1 is 1.22 bits per heavy atom. The number of rotatable bonds is 1. The first kappa shape index (κ1) is 4.76. The van der Waals surface area contributed by atoms with E-state index in [4.69, 9.17) is 0 Å². The third kappa shape index (κ3) is 0.367. The molecule has 0 saturated heterocycles. The second-order valence-corrected chi connectivity index (χ2v) is 4.21. The van der Waals surface area contributed by atoms with Gasteiger partial charge in [-0.1, -0.05) is 13.3 Å². The highest BCUT2D eigenvalue weighted by Gasteiger charge is 2.67. The molecule has 0 spiro atoms. The van der Waals surface area contributed by atoms with Crippen LogP contribution in [0.2, 0.25) is 0 Å². The predicted octanol–water partition coefficient (Wildman–Crippen LogP) is 2.30. The molecule has 5 atom stereocenters. The van der Waals surface area contributed by atoms with Gasteiger partial charge in [-0.25, -0.2) is 0 Å². The summed E-state index contributed by atoms with van der Waals surface area (Å²) in [6, 6.07) is 0. The third-order valence-corrected chi connectivity index (χ3v) is 4.12. The van der Waals surface area contributed by atoms with E-state index in [0.717, 1.165) is 0 Å².